The van der Waals surface area contributed by atoms with Crippen LogP contribution in [0.3, 0.4) is 0 Å². The Morgan fingerprint density at radius 1 is 1.08 bits per heavy atom. The molecule has 0 aliphatic rings. The van der Waals surface area contributed by atoms with Crippen molar-refractivity contribution in [2.24, 2.45) is 0 Å². The van der Waals surface area contributed by atoms with E-state index in [2.05, 4.69) is 15.0 Å². The van der Waals surface area contributed by atoms with E-state index in [1.165, 1.54) is 27.4 Å². The maximum Gasteiger partial charge on any atom is 0.343 e. The molecule has 8 nitrogen and oxygen atoms in total. The molecular formula is C18H20N2O6. The highest BCUT2D eigenvalue weighted by Gasteiger charge is 2.13. The van der Waals surface area contributed by atoms with Crippen molar-refractivity contribution in [3.8, 4) is 17.4 Å². The molecule has 0 saturated carbocycles. The maximum absolute atomic E-state index is 12.4. The number of hydrogen-bond acceptors (Lipinski definition) is 7. The predicted octanol–water partition coefficient (Wildman–Crippen LogP) is 1.58. The molecular weight excluding hydrogens is 340 g/mol. The Bertz CT molecular complexity index is 778. The molecule has 8 heteroatoms. The first kappa shape index (κ1) is 19.0. The van der Waals surface area contributed by atoms with E-state index in [1.54, 1.807) is 24.4 Å². The van der Waals surface area contributed by atoms with Crippen molar-refractivity contribution < 1.29 is 28.5 Å². The number of esters is 1. The van der Waals surface area contributed by atoms with Gasteiger partial charge in [-0.25, -0.2) is 9.78 Å². The number of nitrogens with one attached hydrogen (secondary N) is 1. The zero-order valence-electron chi connectivity index (χ0n) is 14.8. The molecule has 0 aliphatic carbocycles. The first-order chi connectivity index (χ1) is 12.6. The van der Waals surface area contributed by atoms with Crippen LogP contribution in [0.2, 0.25) is 0 Å². The SMILES string of the molecule is COC(=O)COc1ccc(C(=O)NCc2cccnc2OC)cc1OC. The van der Waals surface area contributed by atoms with Gasteiger partial charge in [0.25, 0.3) is 5.91 Å². The standard InChI is InChI=1S/C18H20N2O6/c1-23-15-9-12(6-7-14(15)26-11-16(21)24-2)17(22)20-10-13-5-4-8-19-18(13)25-3/h4-9H,10-11H2,1-3H3,(H,20,22). The highest BCUT2D eigenvalue weighted by atomic mass is 16.6. The molecule has 1 aromatic heterocycles. The van der Waals surface area contributed by atoms with Gasteiger partial charge < -0.3 is 24.3 Å². The lowest BCUT2D eigenvalue weighted by atomic mass is 10.1. The molecule has 2 aromatic rings. The molecule has 26 heavy (non-hydrogen) atoms. The zero-order chi connectivity index (χ0) is 18.9. The van der Waals surface area contributed by atoms with Crippen LogP contribution < -0.4 is 19.5 Å². The number of rotatable bonds is 8. The minimum absolute atomic E-state index is 0.251. The van der Waals surface area contributed by atoms with Gasteiger partial charge in [-0.2, -0.15) is 0 Å². The molecule has 0 unspecified atom stereocenters. The summed E-state index contributed by atoms with van der Waals surface area (Å²) in [4.78, 5) is 27.6. The third-order valence-electron chi connectivity index (χ3n) is 3.48. The number of methoxy groups -OCH3 is 3. The molecule has 1 aromatic carbocycles. The van der Waals surface area contributed by atoms with Crippen molar-refractivity contribution in [2.75, 3.05) is 27.9 Å². The fourth-order valence-corrected chi connectivity index (χ4v) is 2.14. The fourth-order valence-electron chi connectivity index (χ4n) is 2.14. The monoisotopic (exact) mass is 360 g/mol. The molecule has 1 N–H and O–H groups in total. The van der Waals surface area contributed by atoms with Crippen LogP contribution in [-0.2, 0) is 16.1 Å². The largest absolute Gasteiger partial charge is 0.493 e. The Morgan fingerprint density at radius 3 is 2.58 bits per heavy atom. The number of benzene rings is 1. The lowest BCUT2D eigenvalue weighted by molar-refractivity contribution is -0.142. The average molecular weight is 360 g/mol. The number of carbonyl (C=O) groups excluding carboxylic acids is 2. The van der Waals surface area contributed by atoms with Crippen molar-refractivity contribution in [1.82, 2.24) is 10.3 Å². The van der Waals surface area contributed by atoms with Crippen LogP contribution in [0, 0.1) is 0 Å². The summed E-state index contributed by atoms with van der Waals surface area (Å²) in [7, 11) is 4.24. The summed E-state index contributed by atoms with van der Waals surface area (Å²) in [5, 5.41) is 2.79. The minimum Gasteiger partial charge on any atom is -0.493 e. The Hall–Kier alpha value is -3.29. The van der Waals surface area contributed by atoms with E-state index < -0.39 is 5.97 Å². The van der Waals surface area contributed by atoms with E-state index in [0.29, 0.717) is 22.9 Å². The van der Waals surface area contributed by atoms with Crippen molar-refractivity contribution >= 4 is 11.9 Å². The molecule has 138 valence electrons. The summed E-state index contributed by atoms with van der Waals surface area (Å²) in [6.07, 6.45) is 1.61. The fraction of sp³-hybridized carbons (Fsp3) is 0.278. The van der Waals surface area contributed by atoms with E-state index >= 15 is 0 Å². The van der Waals surface area contributed by atoms with Gasteiger partial charge in [0.2, 0.25) is 5.88 Å². The summed E-state index contributed by atoms with van der Waals surface area (Å²) in [5.41, 5.74) is 1.14. The molecule has 0 radical (unpaired) electrons. The predicted molar refractivity (Wildman–Crippen MR) is 92.5 cm³/mol. The van der Waals surface area contributed by atoms with E-state index in [-0.39, 0.29) is 19.1 Å². The van der Waals surface area contributed by atoms with Gasteiger partial charge in [-0.05, 0) is 24.3 Å². The van der Waals surface area contributed by atoms with E-state index in [9.17, 15) is 9.59 Å². The van der Waals surface area contributed by atoms with Gasteiger partial charge in [0.1, 0.15) is 0 Å². The summed E-state index contributed by atoms with van der Waals surface area (Å²) >= 11 is 0. The van der Waals surface area contributed by atoms with Crippen molar-refractivity contribution in [1.29, 1.82) is 0 Å². The average Bonchev–Trinajstić information content (AvgIpc) is 2.70. The Kier molecular flexibility index (Phi) is 6.78. The molecule has 0 atom stereocenters. The quantitative estimate of drug-likeness (QED) is 0.714. The van der Waals surface area contributed by atoms with Gasteiger partial charge in [-0.15, -0.1) is 0 Å². The molecule has 0 spiro atoms. The molecule has 2 rings (SSSR count). The van der Waals surface area contributed by atoms with Gasteiger partial charge in [-0.3, -0.25) is 4.79 Å². The summed E-state index contributed by atoms with van der Waals surface area (Å²) in [5.74, 6) is 0.314. The highest BCUT2D eigenvalue weighted by Crippen LogP contribution is 2.28. The van der Waals surface area contributed by atoms with Gasteiger partial charge in [-0.1, -0.05) is 6.07 Å². The Balaban J connectivity index is 2.05. The molecule has 1 amide bonds. The summed E-state index contributed by atoms with van der Waals surface area (Å²) in [6, 6.07) is 8.24. The summed E-state index contributed by atoms with van der Waals surface area (Å²) < 4.78 is 20.2. The Labute approximate surface area is 151 Å². The van der Waals surface area contributed by atoms with Crippen LogP contribution in [0.1, 0.15) is 15.9 Å². The normalized spacial score (nSPS) is 9.96. The second kappa shape index (κ2) is 9.26. The van der Waals surface area contributed by atoms with Gasteiger partial charge in [0.15, 0.2) is 18.1 Å². The lowest BCUT2D eigenvalue weighted by Crippen LogP contribution is -2.23. The third kappa shape index (κ3) is 4.85. The first-order valence-corrected chi connectivity index (χ1v) is 7.72. The van der Waals surface area contributed by atoms with Crippen molar-refractivity contribution in [3.63, 3.8) is 0 Å². The first-order valence-electron chi connectivity index (χ1n) is 7.72. The lowest BCUT2D eigenvalue weighted by Gasteiger charge is -2.12. The molecule has 0 saturated heterocycles. The zero-order valence-corrected chi connectivity index (χ0v) is 14.8. The number of pyridine rings is 1. The summed E-state index contributed by atoms with van der Waals surface area (Å²) in [6.45, 7) is 0.0119. The smallest absolute Gasteiger partial charge is 0.343 e. The number of amides is 1. The van der Waals surface area contributed by atoms with Crippen LogP contribution in [-0.4, -0.2) is 44.8 Å². The van der Waals surface area contributed by atoms with Crippen LogP contribution in [0.4, 0.5) is 0 Å². The maximum atomic E-state index is 12.4. The molecule has 0 aliphatic heterocycles. The molecule has 0 bridgehead atoms. The second-order valence-electron chi connectivity index (χ2n) is 5.08. The van der Waals surface area contributed by atoms with E-state index in [1.807, 2.05) is 6.07 Å². The highest BCUT2D eigenvalue weighted by molar-refractivity contribution is 5.94. The van der Waals surface area contributed by atoms with Gasteiger partial charge in [0, 0.05) is 23.9 Å². The van der Waals surface area contributed by atoms with Crippen LogP contribution in [0.15, 0.2) is 36.5 Å². The molecule has 0 fully saturated rings. The molecule has 1 heterocycles. The second-order valence-corrected chi connectivity index (χ2v) is 5.08. The number of ether oxygens (including phenoxy) is 4. The van der Waals surface area contributed by atoms with Gasteiger partial charge >= 0.3 is 5.97 Å². The van der Waals surface area contributed by atoms with Crippen molar-refractivity contribution in [3.05, 3.63) is 47.7 Å². The van der Waals surface area contributed by atoms with Crippen LogP contribution in [0.5, 0.6) is 17.4 Å². The number of hydrogen-bond donors (Lipinski definition) is 1. The van der Waals surface area contributed by atoms with Crippen molar-refractivity contribution in [2.45, 2.75) is 6.54 Å². The Morgan fingerprint density at radius 2 is 1.88 bits per heavy atom. The minimum atomic E-state index is -0.515. The third-order valence-corrected chi connectivity index (χ3v) is 3.48. The number of aromatic nitrogens is 1. The van der Waals surface area contributed by atoms with E-state index in [4.69, 9.17) is 14.2 Å². The van der Waals surface area contributed by atoms with E-state index in [0.717, 1.165) is 5.56 Å². The van der Waals surface area contributed by atoms with Crippen LogP contribution in [0.25, 0.3) is 0 Å². The topological polar surface area (TPSA) is 96.0 Å². The number of nitrogens with zero attached hydrogens (tertiary/aromatic N) is 1. The van der Waals surface area contributed by atoms with Crippen LogP contribution >= 0.6 is 0 Å². The number of carbonyl (C=O) groups is 2. The van der Waals surface area contributed by atoms with Gasteiger partial charge in [0.05, 0.1) is 21.3 Å².